The Kier molecular flexibility index (Phi) is 4.99. The molecule has 1 aromatic heterocycles. The number of halogens is 2. The topological polar surface area (TPSA) is 70.5 Å². The second-order valence-electron chi connectivity index (χ2n) is 4.79. The molecule has 2 rings (SSSR count). The molecule has 0 aromatic carbocycles. The van der Waals surface area contributed by atoms with Gasteiger partial charge in [0.05, 0.1) is 0 Å². The molecule has 0 saturated carbocycles. The van der Waals surface area contributed by atoms with Gasteiger partial charge in [-0.2, -0.15) is 0 Å². The van der Waals surface area contributed by atoms with Crippen LogP contribution < -0.4 is 0 Å². The molecule has 7 heteroatoms. The Balaban J connectivity index is 1.96. The van der Waals surface area contributed by atoms with Crippen LogP contribution >= 0.6 is 27.5 Å². The van der Waals surface area contributed by atoms with Crippen LogP contribution in [0.1, 0.15) is 18.4 Å². The van der Waals surface area contributed by atoms with Gasteiger partial charge in [-0.25, -0.2) is 9.78 Å². The maximum Gasteiger partial charge on any atom is 0.407 e. The summed E-state index contributed by atoms with van der Waals surface area (Å²) in [5.74, 6) is 0.0439. The quantitative estimate of drug-likeness (QED) is 0.840. The Morgan fingerprint density at radius 2 is 2.10 bits per heavy atom. The van der Waals surface area contributed by atoms with Gasteiger partial charge in [0, 0.05) is 36.1 Å². The monoisotopic (exact) mass is 360 g/mol. The molecule has 1 fully saturated rings. The van der Waals surface area contributed by atoms with Crippen molar-refractivity contribution in [2.75, 3.05) is 13.1 Å². The van der Waals surface area contributed by atoms with E-state index in [4.69, 9.17) is 16.7 Å². The summed E-state index contributed by atoms with van der Waals surface area (Å²) in [5.41, 5.74) is 0.815. The number of Topliss-reactive ketones (excluding diaryl/α,β-unsaturated/α-hetero) is 1. The Morgan fingerprint density at radius 1 is 1.45 bits per heavy atom. The lowest BCUT2D eigenvalue weighted by Gasteiger charge is -2.29. The average Bonchev–Trinajstić information content (AvgIpc) is 2.43. The zero-order chi connectivity index (χ0) is 14.7. The number of piperidine rings is 1. The summed E-state index contributed by atoms with van der Waals surface area (Å²) in [7, 11) is 0. The molecule has 1 aliphatic heterocycles. The Hall–Kier alpha value is -1.14. The predicted molar refractivity (Wildman–Crippen MR) is 78.0 cm³/mol. The van der Waals surface area contributed by atoms with Crippen molar-refractivity contribution in [1.82, 2.24) is 9.88 Å². The van der Waals surface area contributed by atoms with Crippen molar-refractivity contribution < 1.29 is 14.7 Å². The minimum Gasteiger partial charge on any atom is -0.465 e. The van der Waals surface area contributed by atoms with Crippen LogP contribution in [0.3, 0.4) is 0 Å². The van der Waals surface area contributed by atoms with Gasteiger partial charge in [-0.3, -0.25) is 4.79 Å². The fourth-order valence-corrected chi connectivity index (χ4v) is 2.85. The van der Waals surface area contributed by atoms with Gasteiger partial charge in [0.2, 0.25) is 0 Å². The molecule has 1 saturated heterocycles. The minimum absolute atomic E-state index is 0.0792. The standard InChI is InChI=1S/C13H14BrClN2O3/c14-10-7-16-12(15)6-9(10)5-11(18)8-1-3-17(4-2-8)13(19)20/h6-8H,1-5H2,(H,19,20). The molecule has 0 bridgehead atoms. The normalized spacial score (nSPS) is 16.2. The summed E-state index contributed by atoms with van der Waals surface area (Å²) < 4.78 is 0.762. The van der Waals surface area contributed by atoms with E-state index in [2.05, 4.69) is 20.9 Å². The van der Waals surface area contributed by atoms with E-state index in [1.807, 2.05) is 0 Å². The first-order chi connectivity index (χ1) is 9.47. The van der Waals surface area contributed by atoms with Gasteiger partial charge < -0.3 is 10.0 Å². The molecule has 1 aliphatic rings. The third kappa shape index (κ3) is 3.70. The van der Waals surface area contributed by atoms with Gasteiger partial charge in [0.15, 0.2) is 0 Å². The number of carbonyl (C=O) groups is 2. The van der Waals surface area contributed by atoms with Gasteiger partial charge in [-0.05, 0) is 40.4 Å². The van der Waals surface area contributed by atoms with Gasteiger partial charge in [-0.1, -0.05) is 11.6 Å². The van der Waals surface area contributed by atoms with Crippen LogP contribution in [-0.2, 0) is 11.2 Å². The fourth-order valence-electron chi connectivity index (χ4n) is 2.31. The molecule has 0 atom stereocenters. The number of hydrogen-bond donors (Lipinski definition) is 1. The number of carbonyl (C=O) groups excluding carboxylic acids is 1. The lowest BCUT2D eigenvalue weighted by atomic mass is 9.89. The van der Waals surface area contributed by atoms with E-state index in [9.17, 15) is 9.59 Å². The fraction of sp³-hybridized carbons (Fsp3) is 0.462. The highest BCUT2D eigenvalue weighted by Crippen LogP contribution is 2.24. The number of likely N-dealkylation sites (tertiary alicyclic amines) is 1. The van der Waals surface area contributed by atoms with Crippen molar-refractivity contribution in [1.29, 1.82) is 0 Å². The molecule has 2 heterocycles. The summed E-state index contributed by atoms with van der Waals surface area (Å²) in [6.45, 7) is 0.841. The summed E-state index contributed by atoms with van der Waals surface area (Å²) in [6.07, 6.45) is 2.13. The summed E-state index contributed by atoms with van der Waals surface area (Å²) in [5, 5.41) is 9.24. The SMILES string of the molecule is O=C(Cc1cc(Cl)ncc1Br)C1CCN(C(=O)O)CC1. The largest absolute Gasteiger partial charge is 0.465 e. The zero-order valence-electron chi connectivity index (χ0n) is 10.7. The van der Waals surface area contributed by atoms with E-state index in [1.165, 1.54) is 4.90 Å². The van der Waals surface area contributed by atoms with Crippen molar-refractivity contribution in [2.45, 2.75) is 19.3 Å². The average molecular weight is 362 g/mol. The number of rotatable bonds is 3. The first-order valence-corrected chi connectivity index (χ1v) is 7.45. The number of aromatic nitrogens is 1. The number of amides is 1. The summed E-state index contributed by atoms with van der Waals surface area (Å²) in [4.78, 5) is 28.3. The first-order valence-electron chi connectivity index (χ1n) is 6.28. The molecule has 5 nitrogen and oxygen atoms in total. The van der Waals surface area contributed by atoms with E-state index >= 15 is 0 Å². The Labute approximate surface area is 130 Å². The zero-order valence-corrected chi connectivity index (χ0v) is 13.0. The maximum atomic E-state index is 12.3. The van der Waals surface area contributed by atoms with E-state index < -0.39 is 6.09 Å². The summed E-state index contributed by atoms with van der Waals surface area (Å²) >= 11 is 9.18. The third-order valence-corrected chi connectivity index (χ3v) is 4.41. The minimum atomic E-state index is -0.917. The number of pyridine rings is 1. The van der Waals surface area contributed by atoms with Crippen LogP contribution in [0, 0.1) is 5.92 Å². The molecular formula is C13H14BrClN2O3. The molecule has 0 radical (unpaired) electrons. The van der Waals surface area contributed by atoms with Crippen molar-refractivity contribution in [3.05, 3.63) is 27.5 Å². The van der Waals surface area contributed by atoms with Crippen molar-refractivity contribution in [3.8, 4) is 0 Å². The number of carboxylic acid groups (broad SMARTS) is 1. The molecule has 0 spiro atoms. The van der Waals surface area contributed by atoms with Crippen LogP contribution in [0.4, 0.5) is 4.79 Å². The molecule has 1 N–H and O–H groups in total. The van der Waals surface area contributed by atoms with Gasteiger partial charge in [0.1, 0.15) is 10.9 Å². The molecule has 1 aromatic rings. The Morgan fingerprint density at radius 3 is 2.70 bits per heavy atom. The molecule has 108 valence electrons. The van der Waals surface area contributed by atoms with Gasteiger partial charge in [0.25, 0.3) is 0 Å². The second-order valence-corrected chi connectivity index (χ2v) is 6.03. The highest BCUT2D eigenvalue weighted by atomic mass is 79.9. The number of hydrogen-bond acceptors (Lipinski definition) is 3. The van der Waals surface area contributed by atoms with E-state index in [-0.39, 0.29) is 11.7 Å². The van der Waals surface area contributed by atoms with Crippen LogP contribution in [0.15, 0.2) is 16.7 Å². The highest BCUT2D eigenvalue weighted by Gasteiger charge is 2.27. The smallest absolute Gasteiger partial charge is 0.407 e. The van der Waals surface area contributed by atoms with Gasteiger partial charge in [-0.15, -0.1) is 0 Å². The lowest BCUT2D eigenvalue weighted by Crippen LogP contribution is -2.39. The van der Waals surface area contributed by atoms with Crippen LogP contribution in [0.2, 0.25) is 5.15 Å². The highest BCUT2D eigenvalue weighted by molar-refractivity contribution is 9.10. The molecule has 1 amide bonds. The molecule has 0 aliphatic carbocycles. The summed E-state index contributed by atoms with van der Waals surface area (Å²) in [6, 6.07) is 1.68. The maximum absolute atomic E-state index is 12.3. The molecule has 0 unspecified atom stereocenters. The van der Waals surface area contributed by atoms with Crippen molar-refractivity contribution in [2.24, 2.45) is 5.92 Å². The number of ketones is 1. The number of nitrogens with zero attached hydrogens (tertiary/aromatic N) is 2. The lowest BCUT2D eigenvalue weighted by molar-refractivity contribution is -0.123. The Bertz CT molecular complexity index is 530. The molecular weight excluding hydrogens is 348 g/mol. The van der Waals surface area contributed by atoms with Gasteiger partial charge >= 0.3 is 6.09 Å². The van der Waals surface area contributed by atoms with Crippen LogP contribution in [0.5, 0.6) is 0 Å². The molecule has 20 heavy (non-hydrogen) atoms. The van der Waals surface area contributed by atoms with E-state index in [0.717, 1.165) is 10.0 Å². The third-order valence-electron chi connectivity index (χ3n) is 3.49. The first kappa shape index (κ1) is 15.3. The van der Waals surface area contributed by atoms with Crippen molar-refractivity contribution in [3.63, 3.8) is 0 Å². The van der Waals surface area contributed by atoms with E-state index in [0.29, 0.717) is 37.5 Å². The van der Waals surface area contributed by atoms with Crippen molar-refractivity contribution >= 4 is 39.4 Å². The second kappa shape index (κ2) is 6.54. The van der Waals surface area contributed by atoms with Crippen LogP contribution in [0.25, 0.3) is 0 Å². The van der Waals surface area contributed by atoms with Crippen LogP contribution in [-0.4, -0.2) is 40.0 Å². The predicted octanol–water partition coefficient (Wildman–Crippen LogP) is 3.00. The van der Waals surface area contributed by atoms with E-state index in [1.54, 1.807) is 12.3 Å².